The predicted molar refractivity (Wildman–Crippen MR) is 56.8 cm³/mol. The van der Waals surface area contributed by atoms with E-state index in [0.717, 1.165) is 0 Å². The van der Waals surface area contributed by atoms with Crippen LogP contribution >= 0.6 is 0 Å². The third-order valence-corrected chi connectivity index (χ3v) is 3.32. The maximum Gasteiger partial charge on any atom is 0.248 e. The zero-order chi connectivity index (χ0) is 11.6. The van der Waals surface area contributed by atoms with E-state index in [1.165, 1.54) is 7.05 Å². The maximum absolute atomic E-state index is 13.2. The van der Waals surface area contributed by atoms with Gasteiger partial charge in [0.1, 0.15) is 0 Å². The zero-order valence-corrected chi connectivity index (χ0v) is 9.52. The standard InChI is InChI=1S/C11H19F2NO.H2/c1-7(2)8-4-5-11(12,13)6-9(8)10(15)14-3;/h7-9H,4-6H2,1-3H3,(H,14,15);1H/t8-,9+;/m0./s1. The van der Waals surface area contributed by atoms with Crippen LogP contribution in [-0.4, -0.2) is 18.9 Å². The Morgan fingerprint density at radius 3 is 2.60 bits per heavy atom. The van der Waals surface area contributed by atoms with E-state index >= 15 is 0 Å². The van der Waals surface area contributed by atoms with E-state index in [4.69, 9.17) is 0 Å². The molecule has 1 saturated carbocycles. The normalized spacial score (nSPS) is 30.3. The molecule has 90 valence electrons. The first-order valence-corrected chi connectivity index (χ1v) is 5.47. The van der Waals surface area contributed by atoms with Gasteiger partial charge in [-0.15, -0.1) is 0 Å². The predicted octanol–water partition coefficient (Wildman–Crippen LogP) is 2.69. The molecule has 0 aromatic heterocycles. The highest BCUT2D eigenvalue weighted by molar-refractivity contribution is 5.78. The highest BCUT2D eigenvalue weighted by Gasteiger charge is 2.44. The molecule has 15 heavy (non-hydrogen) atoms. The molecule has 0 aromatic rings. The van der Waals surface area contributed by atoms with Gasteiger partial charge >= 0.3 is 0 Å². The second-order valence-corrected chi connectivity index (χ2v) is 4.73. The molecule has 0 saturated heterocycles. The fourth-order valence-electron chi connectivity index (χ4n) is 2.42. The Labute approximate surface area is 90.9 Å². The van der Waals surface area contributed by atoms with Crippen LogP contribution in [0.4, 0.5) is 8.78 Å². The van der Waals surface area contributed by atoms with Crippen molar-refractivity contribution in [3.63, 3.8) is 0 Å². The molecule has 1 amide bonds. The van der Waals surface area contributed by atoms with Gasteiger partial charge < -0.3 is 5.32 Å². The van der Waals surface area contributed by atoms with Gasteiger partial charge in [0.05, 0.1) is 0 Å². The molecule has 0 aliphatic heterocycles. The molecule has 0 spiro atoms. The summed E-state index contributed by atoms with van der Waals surface area (Å²) in [5, 5.41) is 2.49. The molecule has 0 bridgehead atoms. The Balaban J connectivity index is 0.00000225. The summed E-state index contributed by atoms with van der Waals surface area (Å²) >= 11 is 0. The lowest BCUT2D eigenvalue weighted by atomic mass is 9.72. The number of alkyl halides is 2. The van der Waals surface area contributed by atoms with Crippen molar-refractivity contribution in [1.82, 2.24) is 5.32 Å². The van der Waals surface area contributed by atoms with Gasteiger partial charge in [0.2, 0.25) is 11.8 Å². The average molecular weight is 221 g/mol. The van der Waals surface area contributed by atoms with Crippen LogP contribution in [0.1, 0.15) is 34.5 Å². The fraction of sp³-hybridized carbons (Fsp3) is 0.909. The van der Waals surface area contributed by atoms with Crippen LogP contribution in [0.5, 0.6) is 0 Å². The molecular formula is C11H21F2NO. The van der Waals surface area contributed by atoms with Gasteiger partial charge in [0.15, 0.2) is 0 Å². The van der Waals surface area contributed by atoms with E-state index in [2.05, 4.69) is 5.32 Å². The number of carbonyl (C=O) groups excluding carboxylic acids is 1. The summed E-state index contributed by atoms with van der Waals surface area (Å²) in [7, 11) is 1.51. The quantitative estimate of drug-likeness (QED) is 0.763. The summed E-state index contributed by atoms with van der Waals surface area (Å²) in [6.07, 6.45) is 0.0710. The van der Waals surface area contributed by atoms with Crippen molar-refractivity contribution in [2.45, 2.75) is 39.0 Å². The van der Waals surface area contributed by atoms with Gasteiger partial charge in [-0.05, 0) is 18.3 Å². The zero-order valence-electron chi connectivity index (χ0n) is 9.52. The van der Waals surface area contributed by atoms with Crippen molar-refractivity contribution < 1.29 is 15.0 Å². The Hall–Kier alpha value is -0.670. The van der Waals surface area contributed by atoms with Crippen molar-refractivity contribution in [2.75, 3.05) is 7.05 Å². The first-order valence-electron chi connectivity index (χ1n) is 5.47. The number of hydrogen-bond donors (Lipinski definition) is 1. The van der Waals surface area contributed by atoms with E-state index in [1.54, 1.807) is 0 Å². The smallest absolute Gasteiger partial charge is 0.248 e. The Bertz CT molecular complexity index is 246. The van der Waals surface area contributed by atoms with E-state index < -0.39 is 11.8 Å². The molecule has 2 atom stereocenters. The van der Waals surface area contributed by atoms with Gasteiger partial charge in [-0.1, -0.05) is 13.8 Å². The van der Waals surface area contributed by atoms with Crippen LogP contribution < -0.4 is 5.32 Å². The summed E-state index contributed by atoms with van der Waals surface area (Å²) in [6.45, 7) is 3.98. The second-order valence-electron chi connectivity index (χ2n) is 4.73. The average Bonchev–Trinajstić information content (AvgIpc) is 2.14. The van der Waals surface area contributed by atoms with E-state index in [9.17, 15) is 13.6 Å². The van der Waals surface area contributed by atoms with Crippen LogP contribution in [0, 0.1) is 17.8 Å². The molecule has 0 unspecified atom stereocenters. The molecular weight excluding hydrogens is 200 g/mol. The number of amides is 1. The first kappa shape index (κ1) is 12.4. The lowest BCUT2D eigenvalue weighted by molar-refractivity contribution is -0.137. The van der Waals surface area contributed by atoms with Crippen LogP contribution in [-0.2, 0) is 4.79 Å². The Morgan fingerprint density at radius 2 is 2.13 bits per heavy atom. The summed E-state index contributed by atoms with van der Waals surface area (Å²) in [4.78, 5) is 11.5. The highest BCUT2D eigenvalue weighted by Crippen LogP contribution is 2.42. The third kappa shape index (κ3) is 2.89. The second kappa shape index (κ2) is 4.45. The summed E-state index contributed by atoms with van der Waals surface area (Å²) in [5.41, 5.74) is 0. The summed E-state index contributed by atoms with van der Waals surface area (Å²) < 4.78 is 26.4. The molecule has 0 radical (unpaired) electrons. The van der Waals surface area contributed by atoms with Gasteiger partial charge in [-0.2, -0.15) is 0 Å². The van der Waals surface area contributed by atoms with Crippen molar-refractivity contribution in [1.29, 1.82) is 0 Å². The first-order chi connectivity index (χ1) is 6.87. The van der Waals surface area contributed by atoms with Crippen molar-refractivity contribution in [2.24, 2.45) is 17.8 Å². The van der Waals surface area contributed by atoms with Crippen molar-refractivity contribution >= 4 is 5.91 Å². The molecule has 1 aliphatic rings. The topological polar surface area (TPSA) is 29.1 Å². The van der Waals surface area contributed by atoms with Gasteiger partial charge in [-0.3, -0.25) is 4.79 Å². The molecule has 1 aliphatic carbocycles. The van der Waals surface area contributed by atoms with Crippen LogP contribution in [0.3, 0.4) is 0 Å². The third-order valence-electron chi connectivity index (χ3n) is 3.32. The minimum atomic E-state index is -2.66. The highest BCUT2D eigenvalue weighted by atomic mass is 19.3. The largest absolute Gasteiger partial charge is 0.359 e. The Kier molecular flexibility index (Phi) is 3.68. The minimum absolute atomic E-state index is 0. The molecule has 2 nitrogen and oxygen atoms in total. The summed E-state index contributed by atoms with van der Waals surface area (Å²) in [6, 6.07) is 0. The van der Waals surface area contributed by atoms with E-state index in [-0.39, 0.29) is 32.0 Å². The fourth-order valence-corrected chi connectivity index (χ4v) is 2.42. The lowest BCUT2D eigenvalue weighted by Crippen LogP contribution is -2.42. The molecule has 4 heteroatoms. The number of hydrogen-bond acceptors (Lipinski definition) is 1. The molecule has 0 aromatic carbocycles. The Morgan fingerprint density at radius 1 is 1.53 bits per heavy atom. The summed E-state index contributed by atoms with van der Waals surface area (Å²) in [5.74, 6) is -3.07. The van der Waals surface area contributed by atoms with E-state index in [0.29, 0.717) is 6.42 Å². The number of halogens is 2. The van der Waals surface area contributed by atoms with Crippen molar-refractivity contribution in [3.05, 3.63) is 0 Å². The van der Waals surface area contributed by atoms with E-state index in [1.807, 2.05) is 13.8 Å². The molecule has 0 heterocycles. The van der Waals surface area contributed by atoms with Crippen LogP contribution in [0.15, 0.2) is 0 Å². The number of nitrogens with one attached hydrogen (secondary N) is 1. The van der Waals surface area contributed by atoms with Gasteiger partial charge in [0, 0.05) is 27.2 Å². The molecule has 1 fully saturated rings. The van der Waals surface area contributed by atoms with Crippen LogP contribution in [0.2, 0.25) is 0 Å². The minimum Gasteiger partial charge on any atom is -0.359 e. The molecule has 1 N–H and O–H groups in total. The SMILES string of the molecule is CNC(=O)[C@@H]1CC(F)(F)CC[C@H]1C(C)C.[HH]. The number of carbonyl (C=O) groups is 1. The maximum atomic E-state index is 13.2. The van der Waals surface area contributed by atoms with Crippen molar-refractivity contribution in [3.8, 4) is 0 Å². The monoisotopic (exact) mass is 221 g/mol. The van der Waals surface area contributed by atoms with Gasteiger partial charge in [-0.25, -0.2) is 8.78 Å². The molecule has 1 rings (SSSR count). The lowest BCUT2D eigenvalue weighted by Gasteiger charge is -2.37. The van der Waals surface area contributed by atoms with Gasteiger partial charge in [0.25, 0.3) is 0 Å². The number of rotatable bonds is 2. The van der Waals surface area contributed by atoms with Crippen LogP contribution in [0.25, 0.3) is 0 Å².